The molecule has 3 atom stereocenters. The number of aliphatic hydroxyl groups excluding tert-OH is 6. The third-order valence-corrected chi connectivity index (χ3v) is 7.31. The zero-order valence-corrected chi connectivity index (χ0v) is 30.4. The second-order valence-electron chi connectivity index (χ2n) is 5.05. The van der Waals surface area contributed by atoms with Crippen molar-refractivity contribution in [2.24, 2.45) is 0 Å². The molecule has 3 unspecified atom stereocenters. The van der Waals surface area contributed by atoms with E-state index in [0.29, 0.717) is 46.0 Å². The standard InChI is InChI=1S/C10H22O4S3.C5H11ClO2S.ClH.3Na.H2S/c11-1-3-15-5-9(13)7-17-8-10(14)6-16-4-2-12;6-3-5(8)4-9-2-1-7;;;;;/h9-14H,1-8H2;5,7-8H,1-4H2;1H;;;;1H2/q;;;3*+1;/p-2. The van der Waals surface area contributed by atoms with Gasteiger partial charge in [0.2, 0.25) is 0 Å². The number of alkyl halides is 1. The molecule has 0 fully saturated rings. The summed E-state index contributed by atoms with van der Waals surface area (Å²) in [5, 5.41) is 53.4. The van der Waals surface area contributed by atoms with Crippen molar-refractivity contribution < 1.29 is 132 Å². The Bertz CT molecular complexity index is 277. The minimum Gasteiger partial charge on any atom is -1.00 e. The Morgan fingerprint density at radius 1 is 0.548 bits per heavy atom. The van der Waals surface area contributed by atoms with Crippen LogP contribution in [0.4, 0.5) is 0 Å². The number of halogens is 2. The number of thiol groups is 1. The normalized spacial score (nSPS) is 12.1. The summed E-state index contributed by atoms with van der Waals surface area (Å²) in [4.78, 5) is 0. The van der Waals surface area contributed by atoms with Gasteiger partial charge in [0.05, 0.1) is 38.1 Å². The second-order valence-corrected chi connectivity index (χ2v) is 9.88. The molecule has 0 aromatic heterocycles. The van der Waals surface area contributed by atoms with Gasteiger partial charge in [-0.3, -0.25) is 0 Å². The van der Waals surface area contributed by atoms with Crippen LogP contribution in [0, 0.1) is 0 Å². The third-order valence-electron chi connectivity index (χ3n) is 2.44. The van der Waals surface area contributed by atoms with Crippen LogP contribution in [0.15, 0.2) is 0 Å². The molecule has 31 heavy (non-hydrogen) atoms. The monoisotopic (exact) mass is 609 g/mol. The van der Waals surface area contributed by atoms with Crippen molar-refractivity contribution in [1.29, 1.82) is 0 Å². The average molecular weight is 611 g/mol. The van der Waals surface area contributed by atoms with Crippen molar-refractivity contribution in [3.05, 3.63) is 0 Å². The number of hydrogen-bond donors (Lipinski definition) is 6. The van der Waals surface area contributed by atoms with Gasteiger partial charge in [-0.15, -0.1) is 11.6 Å². The first-order chi connectivity index (χ1) is 12.5. The van der Waals surface area contributed by atoms with Crippen molar-refractivity contribution in [2.45, 2.75) is 18.3 Å². The Morgan fingerprint density at radius 2 is 0.806 bits per heavy atom. The second kappa shape index (κ2) is 45.0. The first kappa shape index (κ1) is 52.5. The van der Waals surface area contributed by atoms with E-state index < -0.39 is 6.10 Å². The van der Waals surface area contributed by atoms with E-state index in [1.54, 1.807) is 0 Å². The van der Waals surface area contributed by atoms with E-state index >= 15 is 0 Å². The van der Waals surface area contributed by atoms with Gasteiger partial charge in [-0.2, -0.15) is 47.0 Å². The van der Waals surface area contributed by atoms with E-state index in [1.807, 2.05) is 0 Å². The minimum absolute atomic E-state index is 0. The molecule has 6 N–H and O–H groups in total. The number of hydrogen-bond acceptors (Lipinski definition) is 11. The van der Waals surface area contributed by atoms with Crippen LogP contribution in [0.2, 0.25) is 0 Å². The van der Waals surface area contributed by atoms with Crippen LogP contribution in [0.3, 0.4) is 0 Å². The van der Waals surface area contributed by atoms with E-state index in [1.165, 1.54) is 47.0 Å². The number of thioether (sulfide) groups is 4. The van der Waals surface area contributed by atoms with Gasteiger partial charge in [-0.25, -0.2) is 0 Å². The fourth-order valence-corrected chi connectivity index (χ4v) is 4.84. The summed E-state index contributed by atoms with van der Waals surface area (Å²) < 4.78 is 0. The van der Waals surface area contributed by atoms with Gasteiger partial charge in [-0.1, -0.05) is 0 Å². The van der Waals surface area contributed by atoms with Gasteiger partial charge in [0.25, 0.3) is 0 Å². The minimum atomic E-state index is -0.428. The summed E-state index contributed by atoms with van der Waals surface area (Å²) >= 11 is 11.4. The maximum absolute atomic E-state index is 9.56. The molecule has 0 saturated heterocycles. The Balaban J connectivity index is -0.0000000723. The van der Waals surface area contributed by atoms with E-state index in [-0.39, 0.29) is 152 Å². The molecule has 0 saturated carbocycles. The van der Waals surface area contributed by atoms with E-state index in [2.05, 4.69) is 0 Å². The van der Waals surface area contributed by atoms with Crippen molar-refractivity contribution >= 4 is 72.1 Å². The molecule has 0 aliphatic rings. The largest absolute Gasteiger partial charge is 1.00 e. The number of rotatable bonds is 17. The van der Waals surface area contributed by atoms with Crippen molar-refractivity contribution in [3.8, 4) is 0 Å². The summed E-state index contributed by atoms with van der Waals surface area (Å²) in [5.74, 6) is 5.35. The summed E-state index contributed by atoms with van der Waals surface area (Å²) in [5.41, 5.74) is 0. The van der Waals surface area contributed by atoms with Crippen LogP contribution in [0.1, 0.15) is 0 Å². The van der Waals surface area contributed by atoms with E-state index in [4.69, 9.17) is 32.0 Å². The predicted molar refractivity (Wildman–Crippen MR) is 128 cm³/mol. The van der Waals surface area contributed by atoms with E-state index in [9.17, 15) is 10.2 Å². The fourth-order valence-electron chi connectivity index (χ4n) is 1.33. The fraction of sp³-hybridized carbons (Fsp3) is 1.00. The molecule has 0 aromatic carbocycles. The topological polar surface area (TPSA) is 121 Å². The zero-order chi connectivity index (χ0) is 20.0. The number of aliphatic hydroxyl groups is 6. The molecule has 0 heterocycles. The molecule has 0 rings (SSSR count). The predicted octanol–water partition coefficient (Wildman–Crippen LogP) is -12.1. The molecule has 0 aliphatic carbocycles. The van der Waals surface area contributed by atoms with Gasteiger partial charge in [-0.05, 0) is 0 Å². The van der Waals surface area contributed by atoms with Crippen LogP contribution in [0.25, 0.3) is 0 Å². The van der Waals surface area contributed by atoms with Gasteiger partial charge in [0, 0.05) is 51.9 Å². The van der Waals surface area contributed by atoms with Gasteiger partial charge < -0.3 is 56.5 Å². The molecule has 0 aromatic rings. The van der Waals surface area contributed by atoms with Gasteiger partial charge in [0.1, 0.15) is 0 Å². The SMILES string of the molecule is OCCSCC(O)CCl.OCCSCC(O)CSCC(O)CSCCO.[Cl-].[Na+].[Na+].[Na+].[SH-]. The van der Waals surface area contributed by atoms with Crippen LogP contribution in [0.5, 0.6) is 0 Å². The van der Waals surface area contributed by atoms with Gasteiger partial charge in [0.15, 0.2) is 0 Å². The smallest absolute Gasteiger partial charge is 1.00 e. The van der Waals surface area contributed by atoms with Crippen LogP contribution in [-0.4, -0.2) is 121 Å². The maximum Gasteiger partial charge on any atom is 1.00 e. The molecule has 0 bridgehead atoms. The van der Waals surface area contributed by atoms with Crippen molar-refractivity contribution in [3.63, 3.8) is 0 Å². The Hall–Kier alpha value is 5.09. The Kier molecular flexibility index (Phi) is 76.3. The van der Waals surface area contributed by atoms with Gasteiger partial charge >= 0.3 is 88.7 Å². The molecule has 6 nitrogen and oxygen atoms in total. The summed E-state index contributed by atoms with van der Waals surface area (Å²) in [6.45, 7) is 0.455. The summed E-state index contributed by atoms with van der Waals surface area (Å²) in [7, 11) is 0. The molecular formula is C15H34Cl2Na3O6S5+. The summed E-state index contributed by atoms with van der Waals surface area (Å²) in [6, 6.07) is 0. The summed E-state index contributed by atoms with van der Waals surface area (Å²) in [6.07, 6.45) is -1.19. The first-order valence-corrected chi connectivity index (χ1v) is 13.4. The molecule has 0 radical (unpaired) electrons. The Labute approximate surface area is 289 Å². The molecule has 176 valence electrons. The van der Waals surface area contributed by atoms with E-state index in [0.717, 1.165) is 0 Å². The molecule has 0 amide bonds. The van der Waals surface area contributed by atoms with Crippen LogP contribution in [-0.2, 0) is 13.5 Å². The average Bonchev–Trinajstić information content (AvgIpc) is 2.63. The van der Waals surface area contributed by atoms with Crippen LogP contribution < -0.4 is 101 Å². The molecule has 0 spiro atoms. The molecular weight excluding hydrogens is 576 g/mol. The van der Waals surface area contributed by atoms with Crippen molar-refractivity contribution in [2.75, 3.05) is 71.7 Å². The zero-order valence-electron chi connectivity index (χ0n) is 18.7. The first-order valence-electron chi connectivity index (χ1n) is 8.25. The maximum atomic E-state index is 9.56. The third kappa shape index (κ3) is 48.7. The molecule has 0 aliphatic heterocycles. The Morgan fingerprint density at radius 3 is 1.06 bits per heavy atom. The van der Waals surface area contributed by atoms with Crippen LogP contribution >= 0.6 is 58.6 Å². The van der Waals surface area contributed by atoms with Crippen molar-refractivity contribution in [1.82, 2.24) is 0 Å². The molecule has 16 heteroatoms. The quantitative estimate of drug-likeness (QED) is 0.0310.